The molecule has 0 amide bonds. The molecule has 3 nitrogen and oxygen atoms in total. The molecule has 0 saturated carbocycles. The van der Waals surface area contributed by atoms with Gasteiger partial charge in [-0.05, 0) is 31.7 Å². The third-order valence-electron chi connectivity index (χ3n) is 4.29. The predicted molar refractivity (Wildman–Crippen MR) is 83.6 cm³/mol. The van der Waals surface area contributed by atoms with E-state index in [2.05, 4.69) is 48.1 Å². The van der Waals surface area contributed by atoms with Crippen LogP contribution in [0, 0.1) is 0 Å². The largest absolute Gasteiger partial charge is 0.326 e. The van der Waals surface area contributed by atoms with E-state index in [9.17, 15) is 0 Å². The number of hydrogen-bond acceptors (Lipinski definition) is 4. The van der Waals surface area contributed by atoms with Crippen LogP contribution >= 0.6 is 11.3 Å². The van der Waals surface area contributed by atoms with Crippen LogP contribution < -0.4 is 5.73 Å². The van der Waals surface area contributed by atoms with E-state index in [-0.39, 0.29) is 6.04 Å². The van der Waals surface area contributed by atoms with E-state index >= 15 is 0 Å². The van der Waals surface area contributed by atoms with Crippen molar-refractivity contribution in [3.8, 4) is 0 Å². The maximum atomic E-state index is 6.23. The Balaban J connectivity index is 1.98. The van der Waals surface area contributed by atoms with E-state index in [0.717, 1.165) is 13.1 Å². The third-order valence-corrected chi connectivity index (χ3v) is 5.23. The Hall–Kier alpha value is -0.420. The fraction of sp³-hybridized carbons (Fsp3) is 0.733. The van der Waals surface area contributed by atoms with Crippen molar-refractivity contribution in [1.29, 1.82) is 0 Å². The molecule has 0 radical (unpaired) electrons. The van der Waals surface area contributed by atoms with Gasteiger partial charge in [-0.15, -0.1) is 11.3 Å². The molecule has 3 unspecified atom stereocenters. The van der Waals surface area contributed by atoms with Crippen molar-refractivity contribution in [2.24, 2.45) is 5.73 Å². The van der Waals surface area contributed by atoms with E-state index in [1.165, 1.54) is 24.4 Å². The Labute approximate surface area is 121 Å². The van der Waals surface area contributed by atoms with E-state index in [1.807, 2.05) is 11.3 Å². The molecule has 1 aromatic rings. The molecule has 1 fully saturated rings. The molecular weight excluding hydrogens is 254 g/mol. The number of thiophene rings is 1. The zero-order valence-electron chi connectivity index (χ0n) is 12.4. The molecule has 1 aliphatic heterocycles. The van der Waals surface area contributed by atoms with E-state index in [1.54, 1.807) is 0 Å². The van der Waals surface area contributed by atoms with Crippen LogP contribution in [0.4, 0.5) is 0 Å². The summed E-state index contributed by atoms with van der Waals surface area (Å²) in [5, 5.41) is 2.15. The van der Waals surface area contributed by atoms with Crippen LogP contribution in [0.2, 0.25) is 0 Å². The number of rotatable bonds is 5. The number of nitrogens with zero attached hydrogens (tertiary/aromatic N) is 2. The molecule has 0 spiro atoms. The van der Waals surface area contributed by atoms with Crippen molar-refractivity contribution in [2.45, 2.75) is 45.3 Å². The predicted octanol–water partition coefficient (Wildman–Crippen LogP) is 2.55. The quantitative estimate of drug-likeness (QED) is 0.900. The Morgan fingerprint density at radius 1 is 1.21 bits per heavy atom. The Morgan fingerprint density at radius 2 is 1.84 bits per heavy atom. The van der Waals surface area contributed by atoms with Gasteiger partial charge in [-0.25, -0.2) is 0 Å². The molecule has 1 aliphatic rings. The van der Waals surface area contributed by atoms with Gasteiger partial charge in [0.25, 0.3) is 0 Å². The van der Waals surface area contributed by atoms with Gasteiger partial charge < -0.3 is 5.73 Å². The monoisotopic (exact) mass is 281 g/mol. The summed E-state index contributed by atoms with van der Waals surface area (Å²) in [5.74, 6) is 0. The summed E-state index contributed by atoms with van der Waals surface area (Å²) in [6.45, 7) is 11.3. The lowest BCUT2D eigenvalue weighted by Crippen LogP contribution is -2.52. The van der Waals surface area contributed by atoms with Crippen molar-refractivity contribution >= 4 is 11.3 Å². The molecule has 0 bridgehead atoms. The Kier molecular flexibility index (Phi) is 5.39. The van der Waals surface area contributed by atoms with Crippen molar-refractivity contribution in [3.63, 3.8) is 0 Å². The fourth-order valence-electron chi connectivity index (χ4n) is 2.95. The minimum absolute atomic E-state index is 0.189. The molecule has 2 heterocycles. The van der Waals surface area contributed by atoms with Crippen LogP contribution in [0.15, 0.2) is 17.5 Å². The first-order chi connectivity index (χ1) is 9.13. The molecule has 2 N–H and O–H groups in total. The van der Waals surface area contributed by atoms with Gasteiger partial charge >= 0.3 is 0 Å². The van der Waals surface area contributed by atoms with E-state index in [0.29, 0.717) is 12.1 Å². The van der Waals surface area contributed by atoms with Gasteiger partial charge in [0.2, 0.25) is 0 Å². The summed E-state index contributed by atoms with van der Waals surface area (Å²) in [6, 6.07) is 5.63. The SMILES string of the molecule is CCC(C)N1CCN(C(c2cccs2)C(C)N)CC1. The van der Waals surface area contributed by atoms with Gasteiger partial charge in [-0.3, -0.25) is 9.80 Å². The molecule has 3 atom stereocenters. The van der Waals surface area contributed by atoms with Crippen LogP contribution in [0.3, 0.4) is 0 Å². The maximum Gasteiger partial charge on any atom is 0.0591 e. The highest BCUT2D eigenvalue weighted by atomic mass is 32.1. The Morgan fingerprint density at radius 3 is 2.32 bits per heavy atom. The second-order valence-corrected chi connectivity index (χ2v) is 6.63. The van der Waals surface area contributed by atoms with Crippen molar-refractivity contribution in [3.05, 3.63) is 22.4 Å². The van der Waals surface area contributed by atoms with Gasteiger partial charge in [-0.1, -0.05) is 13.0 Å². The molecule has 0 aromatic carbocycles. The van der Waals surface area contributed by atoms with Gasteiger partial charge in [0.1, 0.15) is 0 Å². The van der Waals surface area contributed by atoms with Gasteiger partial charge in [-0.2, -0.15) is 0 Å². The number of nitrogens with two attached hydrogens (primary N) is 1. The highest BCUT2D eigenvalue weighted by molar-refractivity contribution is 7.10. The van der Waals surface area contributed by atoms with Crippen molar-refractivity contribution < 1.29 is 0 Å². The van der Waals surface area contributed by atoms with Crippen LogP contribution in [0.5, 0.6) is 0 Å². The van der Waals surface area contributed by atoms with E-state index in [4.69, 9.17) is 5.73 Å². The van der Waals surface area contributed by atoms with Crippen LogP contribution in [-0.2, 0) is 0 Å². The summed E-state index contributed by atoms with van der Waals surface area (Å²) in [4.78, 5) is 6.57. The minimum atomic E-state index is 0.189. The summed E-state index contributed by atoms with van der Waals surface area (Å²) in [5.41, 5.74) is 6.23. The van der Waals surface area contributed by atoms with Crippen molar-refractivity contribution in [1.82, 2.24) is 9.80 Å². The molecular formula is C15H27N3S. The van der Waals surface area contributed by atoms with Crippen molar-refractivity contribution in [2.75, 3.05) is 26.2 Å². The summed E-state index contributed by atoms with van der Waals surface area (Å²) in [7, 11) is 0. The van der Waals surface area contributed by atoms with Gasteiger partial charge in [0, 0.05) is 43.1 Å². The first-order valence-corrected chi connectivity index (χ1v) is 8.28. The minimum Gasteiger partial charge on any atom is -0.326 e. The lowest BCUT2D eigenvalue weighted by atomic mass is 10.1. The zero-order chi connectivity index (χ0) is 13.8. The molecule has 2 rings (SSSR count). The zero-order valence-corrected chi connectivity index (χ0v) is 13.2. The van der Waals surface area contributed by atoms with Gasteiger partial charge in [0.05, 0.1) is 6.04 Å². The number of hydrogen-bond donors (Lipinski definition) is 1. The summed E-state index contributed by atoms with van der Waals surface area (Å²) in [6.07, 6.45) is 1.24. The molecule has 108 valence electrons. The second-order valence-electron chi connectivity index (χ2n) is 5.65. The summed E-state index contributed by atoms with van der Waals surface area (Å²) < 4.78 is 0. The van der Waals surface area contributed by atoms with Crippen LogP contribution in [0.1, 0.15) is 38.1 Å². The van der Waals surface area contributed by atoms with Crippen LogP contribution in [0.25, 0.3) is 0 Å². The van der Waals surface area contributed by atoms with E-state index < -0.39 is 0 Å². The Bertz CT molecular complexity index is 355. The topological polar surface area (TPSA) is 32.5 Å². The third kappa shape index (κ3) is 3.57. The number of piperazine rings is 1. The normalized spacial score (nSPS) is 23.2. The maximum absolute atomic E-state index is 6.23. The summed E-state index contributed by atoms with van der Waals surface area (Å²) >= 11 is 1.83. The van der Waals surface area contributed by atoms with Gasteiger partial charge in [0.15, 0.2) is 0 Å². The smallest absolute Gasteiger partial charge is 0.0591 e. The molecule has 1 saturated heterocycles. The first kappa shape index (κ1) is 15.0. The average Bonchev–Trinajstić information content (AvgIpc) is 2.92. The highest BCUT2D eigenvalue weighted by Gasteiger charge is 2.29. The molecule has 19 heavy (non-hydrogen) atoms. The lowest BCUT2D eigenvalue weighted by molar-refractivity contribution is 0.0664. The standard InChI is InChI=1S/C15H27N3S/c1-4-12(2)17-7-9-18(10-8-17)15(13(3)16)14-6-5-11-19-14/h5-6,11-13,15H,4,7-10,16H2,1-3H3. The molecule has 0 aliphatic carbocycles. The average molecular weight is 281 g/mol. The second kappa shape index (κ2) is 6.84. The molecule has 1 aromatic heterocycles. The van der Waals surface area contributed by atoms with Crippen LogP contribution in [-0.4, -0.2) is 48.1 Å². The lowest BCUT2D eigenvalue weighted by Gasteiger charge is -2.42. The fourth-order valence-corrected chi connectivity index (χ4v) is 3.92. The highest BCUT2D eigenvalue weighted by Crippen LogP contribution is 2.28. The first-order valence-electron chi connectivity index (χ1n) is 7.40. The molecule has 4 heteroatoms.